The van der Waals surface area contributed by atoms with Crippen molar-refractivity contribution in [3.05, 3.63) is 102 Å². The first-order valence-corrected chi connectivity index (χ1v) is 14.3. The third-order valence-corrected chi connectivity index (χ3v) is 6.78. The molecule has 0 radical (unpaired) electrons. The molecule has 0 spiro atoms. The first kappa shape index (κ1) is 30.4. The van der Waals surface area contributed by atoms with Gasteiger partial charge >= 0.3 is 12.1 Å². The Hall–Kier alpha value is -5.03. The maximum Gasteiger partial charge on any atom is 0.409 e. The van der Waals surface area contributed by atoms with E-state index in [-0.39, 0.29) is 13.0 Å². The zero-order chi connectivity index (χ0) is 31.3. The number of hydrogen-bond donors (Lipinski definition) is 2. The lowest BCUT2D eigenvalue weighted by Gasteiger charge is -2.27. The van der Waals surface area contributed by atoms with E-state index in [0.717, 1.165) is 11.1 Å². The van der Waals surface area contributed by atoms with Gasteiger partial charge in [-0.15, -0.1) is 0 Å². The summed E-state index contributed by atoms with van der Waals surface area (Å²) in [6.45, 7) is 4.89. The number of ether oxygens (including phenoxy) is 3. The highest BCUT2D eigenvalue weighted by molar-refractivity contribution is 6.20. The fourth-order valence-corrected chi connectivity index (χ4v) is 4.89. The van der Waals surface area contributed by atoms with Gasteiger partial charge in [0, 0.05) is 11.1 Å². The number of amides is 3. The molecule has 11 nitrogen and oxygen atoms in total. The molecule has 5 rings (SSSR count). The molecule has 228 valence electrons. The molecule has 2 heterocycles. The molecule has 3 amide bonds. The molecule has 3 aromatic rings. The van der Waals surface area contributed by atoms with Crippen molar-refractivity contribution in [1.29, 1.82) is 0 Å². The molecule has 0 saturated carbocycles. The van der Waals surface area contributed by atoms with Crippen LogP contribution in [-0.2, 0) is 35.2 Å². The van der Waals surface area contributed by atoms with E-state index in [1.165, 1.54) is 4.90 Å². The van der Waals surface area contributed by atoms with Gasteiger partial charge in [0.05, 0.1) is 24.4 Å². The SMILES string of the molecule is CC(C)(C)OC(=O)NC1N=C(c2ccccc2)c2ccccc2N(CC(=O)N[C@H]2CC(=O)OC2OCc2ccccc2)C1=O. The monoisotopic (exact) mass is 598 g/mol. The van der Waals surface area contributed by atoms with E-state index in [0.29, 0.717) is 17.0 Å². The topological polar surface area (TPSA) is 136 Å². The number of nitrogens with zero attached hydrogens (tertiary/aromatic N) is 2. The van der Waals surface area contributed by atoms with Crippen LogP contribution in [0.2, 0.25) is 0 Å². The van der Waals surface area contributed by atoms with Crippen LogP contribution in [0.15, 0.2) is 89.9 Å². The van der Waals surface area contributed by atoms with Crippen molar-refractivity contribution in [1.82, 2.24) is 10.6 Å². The molecule has 3 atom stereocenters. The molecule has 1 fully saturated rings. The van der Waals surface area contributed by atoms with Crippen LogP contribution < -0.4 is 15.5 Å². The molecule has 1 saturated heterocycles. The van der Waals surface area contributed by atoms with Crippen LogP contribution in [0, 0.1) is 0 Å². The van der Waals surface area contributed by atoms with Crippen LogP contribution >= 0.6 is 0 Å². The van der Waals surface area contributed by atoms with Crippen LogP contribution in [0.1, 0.15) is 43.9 Å². The summed E-state index contributed by atoms with van der Waals surface area (Å²) in [6, 6.07) is 24.9. The van der Waals surface area contributed by atoms with E-state index in [1.807, 2.05) is 60.7 Å². The third-order valence-electron chi connectivity index (χ3n) is 6.78. The first-order chi connectivity index (χ1) is 21.1. The quantitative estimate of drug-likeness (QED) is 0.378. The van der Waals surface area contributed by atoms with Crippen molar-refractivity contribution in [2.75, 3.05) is 11.4 Å². The lowest BCUT2D eigenvalue weighted by atomic mass is 10.0. The highest BCUT2D eigenvalue weighted by Crippen LogP contribution is 2.28. The summed E-state index contributed by atoms with van der Waals surface area (Å²) in [6.07, 6.45) is -3.30. The predicted molar refractivity (Wildman–Crippen MR) is 162 cm³/mol. The average molecular weight is 599 g/mol. The number of alkyl carbamates (subject to hydrolysis) is 1. The predicted octanol–water partition coefficient (Wildman–Crippen LogP) is 3.70. The van der Waals surface area contributed by atoms with Gasteiger partial charge in [0.2, 0.25) is 18.4 Å². The fourth-order valence-electron chi connectivity index (χ4n) is 4.89. The molecule has 2 aliphatic heterocycles. The molecule has 2 N–H and O–H groups in total. The normalized spacial score (nSPS) is 19.8. The van der Waals surface area contributed by atoms with Crippen molar-refractivity contribution < 1.29 is 33.4 Å². The lowest BCUT2D eigenvalue weighted by molar-refractivity contribution is -0.168. The van der Waals surface area contributed by atoms with Crippen molar-refractivity contribution in [2.24, 2.45) is 4.99 Å². The summed E-state index contributed by atoms with van der Waals surface area (Å²) in [5, 5.41) is 5.36. The van der Waals surface area contributed by atoms with E-state index >= 15 is 0 Å². The number of cyclic esters (lactones) is 1. The van der Waals surface area contributed by atoms with Crippen LogP contribution in [0.25, 0.3) is 0 Å². The summed E-state index contributed by atoms with van der Waals surface area (Å²) in [4.78, 5) is 58.3. The number of carbonyl (C=O) groups is 4. The van der Waals surface area contributed by atoms with E-state index in [9.17, 15) is 19.2 Å². The minimum atomic E-state index is -1.39. The van der Waals surface area contributed by atoms with E-state index in [1.54, 1.807) is 45.0 Å². The number of nitrogens with one attached hydrogen (secondary N) is 2. The number of benzene rings is 3. The van der Waals surface area contributed by atoms with Gasteiger partial charge in [-0.3, -0.25) is 24.6 Å². The van der Waals surface area contributed by atoms with Gasteiger partial charge in [0.25, 0.3) is 5.91 Å². The Morgan fingerprint density at radius 1 is 0.932 bits per heavy atom. The zero-order valence-corrected chi connectivity index (χ0v) is 24.7. The standard InChI is InChI=1S/C33H34N4O7/c1-33(2,3)44-32(41)36-29-30(40)37(25-17-11-10-16-23(25)28(35-29)22-14-8-5-9-15-22)19-26(38)34-24-18-27(39)43-31(24)42-20-21-12-6-4-7-13-21/h4-17,24,29,31H,18-20H2,1-3H3,(H,34,38)(H,36,41)/t24-,29?,31?/m0/s1. The number of esters is 1. The Morgan fingerprint density at radius 3 is 2.30 bits per heavy atom. The molecule has 44 heavy (non-hydrogen) atoms. The van der Waals surface area contributed by atoms with Crippen molar-refractivity contribution in [2.45, 2.75) is 57.9 Å². The largest absolute Gasteiger partial charge is 0.444 e. The van der Waals surface area contributed by atoms with Crippen molar-refractivity contribution >= 4 is 35.3 Å². The van der Waals surface area contributed by atoms with E-state index in [4.69, 9.17) is 14.2 Å². The average Bonchev–Trinajstić information content (AvgIpc) is 3.29. The Labute approximate surface area is 255 Å². The second-order valence-electron chi connectivity index (χ2n) is 11.4. The van der Waals surface area contributed by atoms with Gasteiger partial charge in [-0.25, -0.2) is 9.79 Å². The smallest absolute Gasteiger partial charge is 0.409 e. The highest BCUT2D eigenvalue weighted by atomic mass is 16.7. The molecule has 2 aliphatic rings. The van der Waals surface area contributed by atoms with Gasteiger partial charge in [-0.2, -0.15) is 0 Å². The molecule has 0 aliphatic carbocycles. The van der Waals surface area contributed by atoms with Crippen molar-refractivity contribution in [3.63, 3.8) is 0 Å². The van der Waals surface area contributed by atoms with Gasteiger partial charge in [-0.05, 0) is 32.4 Å². The summed E-state index contributed by atoms with van der Waals surface area (Å²) < 4.78 is 16.5. The van der Waals surface area contributed by atoms with Crippen LogP contribution in [0.4, 0.5) is 10.5 Å². The van der Waals surface area contributed by atoms with E-state index in [2.05, 4.69) is 15.6 Å². The number of rotatable bonds is 8. The van der Waals surface area contributed by atoms with Crippen LogP contribution in [0.3, 0.4) is 0 Å². The number of fused-ring (bicyclic) bond motifs is 1. The van der Waals surface area contributed by atoms with Gasteiger partial charge in [-0.1, -0.05) is 78.9 Å². The summed E-state index contributed by atoms with van der Waals surface area (Å²) >= 11 is 0. The Morgan fingerprint density at radius 2 is 1.59 bits per heavy atom. The first-order valence-electron chi connectivity index (χ1n) is 14.3. The molecular weight excluding hydrogens is 564 g/mol. The molecule has 0 bridgehead atoms. The summed E-state index contributed by atoms with van der Waals surface area (Å²) in [7, 11) is 0. The third kappa shape index (κ3) is 7.48. The van der Waals surface area contributed by atoms with Gasteiger partial charge < -0.3 is 19.5 Å². The maximum atomic E-state index is 14.0. The van der Waals surface area contributed by atoms with Gasteiger partial charge in [0.15, 0.2) is 0 Å². The highest BCUT2D eigenvalue weighted by Gasteiger charge is 2.39. The van der Waals surface area contributed by atoms with E-state index < -0.39 is 54.5 Å². The van der Waals surface area contributed by atoms with Gasteiger partial charge in [0.1, 0.15) is 18.2 Å². The second-order valence-corrected chi connectivity index (χ2v) is 11.4. The molecule has 11 heteroatoms. The van der Waals surface area contributed by atoms with Crippen LogP contribution in [-0.4, -0.2) is 60.2 Å². The molecule has 0 aromatic heterocycles. The number of aliphatic imine (C=N–C) groups is 1. The second kappa shape index (κ2) is 13.1. The molecule has 3 aromatic carbocycles. The van der Waals surface area contributed by atoms with Crippen LogP contribution in [0.5, 0.6) is 0 Å². The Kier molecular flexibility index (Phi) is 9.05. The minimum Gasteiger partial charge on any atom is -0.444 e. The molecular formula is C33H34N4O7. The Bertz CT molecular complexity index is 1550. The number of benzodiazepines with no additional fused rings is 1. The number of anilines is 1. The number of hydrogen-bond acceptors (Lipinski definition) is 8. The number of carbonyl (C=O) groups excluding carboxylic acids is 4. The minimum absolute atomic E-state index is 0.0835. The fraction of sp³-hybridized carbons (Fsp3) is 0.303. The lowest BCUT2D eigenvalue weighted by Crippen LogP contribution is -2.52. The Balaban J connectivity index is 1.40. The number of para-hydroxylation sites is 1. The van der Waals surface area contributed by atoms with Crippen molar-refractivity contribution in [3.8, 4) is 0 Å². The molecule has 2 unspecified atom stereocenters. The summed E-state index contributed by atoms with van der Waals surface area (Å²) in [5.41, 5.74) is 2.27. The maximum absolute atomic E-state index is 14.0. The zero-order valence-electron chi connectivity index (χ0n) is 24.7. The summed E-state index contributed by atoms with van der Waals surface area (Å²) in [5.74, 6) is -1.70.